The van der Waals surface area contributed by atoms with E-state index in [1.807, 2.05) is 43.4 Å². The van der Waals surface area contributed by atoms with Gasteiger partial charge in [-0.15, -0.1) is 0 Å². The second kappa shape index (κ2) is 7.31. The molecule has 2 aromatic rings. The molecule has 0 atom stereocenters. The number of hydrogen-bond donors (Lipinski definition) is 1. The van der Waals surface area contributed by atoms with E-state index in [2.05, 4.69) is 5.32 Å². The van der Waals surface area contributed by atoms with E-state index in [-0.39, 0.29) is 5.78 Å². The Morgan fingerprint density at radius 1 is 1.09 bits per heavy atom. The highest BCUT2D eigenvalue weighted by atomic mass is 16.5. The Morgan fingerprint density at radius 3 is 2.55 bits per heavy atom. The highest BCUT2D eigenvalue weighted by molar-refractivity contribution is 6.07. The van der Waals surface area contributed by atoms with Crippen LogP contribution in [0.15, 0.2) is 48.5 Å². The number of benzene rings is 2. The minimum atomic E-state index is -0.0676. The first-order chi connectivity index (χ1) is 10.7. The number of nitrogens with one attached hydrogen (secondary N) is 1. The molecule has 2 aromatic carbocycles. The predicted molar refractivity (Wildman–Crippen MR) is 88.9 cm³/mol. The molecule has 0 spiro atoms. The van der Waals surface area contributed by atoms with Gasteiger partial charge in [0.1, 0.15) is 0 Å². The Labute approximate surface area is 130 Å². The second-order valence-corrected chi connectivity index (χ2v) is 4.61. The molecule has 22 heavy (non-hydrogen) atoms. The summed E-state index contributed by atoms with van der Waals surface area (Å²) in [5, 5.41) is 3.02. The van der Waals surface area contributed by atoms with Crippen molar-refractivity contribution in [3.8, 4) is 11.5 Å². The van der Waals surface area contributed by atoms with Crippen LogP contribution in [-0.4, -0.2) is 27.1 Å². The predicted octanol–water partition coefficient (Wildman–Crippen LogP) is 3.64. The maximum Gasteiger partial charge on any atom is 0.185 e. The lowest BCUT2D eigenvalue weighted by molar-refractivity contribution is 0.104. The fourth-order valence-electron chi connectivity index (χ4n) is 2.13. The quantitative estimate of drug-likeness (QED) is 0.653. The van der Waals surface area contributed by atoms with Crippen LogP contribution in [-0.2, 0) is 0 Å². The summed E-state index contributed by atoms with van der Waals surface area (Å²) in [6, 6.07) is 12.9. The molecule has 0 fully saturated rings. The fourth-order valence-corrected chi connectivity index (χ4v) is 2.13. The Morgan fingerprint density at radius 2 is 1.86 bits per heavy atom. The van der Waals surface area contributed by atoms with Gasteiger partial charge in [-0.3, -0.25) is 4.79 Å². The van der Waals surface area contributed by atoms with Gasteiger partial charge in [-0.25, -0.2) is 0 Å². The molecule has 0 aliphatic heterocycles. The maximum atomic E-state index is 12.3. The molecule has 2 rings (SSSR count). The van der Waals surface area contributed by atoms with Crippen molar-refractivity contribution >= 4 is 17.5 Å². The Kier molecular flexibility index (Phi) is 5.20. The van der Waals surface area contributed by atoms with Crippen LogP contribution in [0.3, 0.4) is 0 Å². The largest absolute Gasteiger partial charge is 0.493 e. The van der Waals surface area contributed by atoms with Crippen LogP contribution < -0.4 is 14.8 Å². The summed E-state index contributed by atoms with van der Waals surface area (Å²) in [6.07, 6.45) is 3.27. The first-order valence-electron chi connectivity index (χ1n) is 6.90. The van der Waals surface area contributed by atoms with Crippen molar-refractivity contribution in [2.45, 2.75) is 0 Å². The molecule has 114 valence electrons. The smallest absolute Gasteiger partial charge is 0.185 e. The number of allylic oxidation sites excluding steroid dienone is 1. The molecule has 0 bridgehead atoms. The van der Waals surface area contributed by atoms with E-state index in [1.165, 1.54) is 6.08 Å². The van der Waals surface area contributed by atoms with Crippen LogP contribution in [0.2, 0.25) is 0 Å². The van der Waals surface area contributed by atoms with Crippen LogP contribution in [0, 0.1) is 0 Å². The van der Waals surface area contributed by atoms with Gasteiger partial charge in [0, 0.05) is 23.9 Å². The van der Waals surface area contributed by atoms with Gasteiger partial charge in [-0.2, -0.15) is 0 Å². The molecule has 0 aliphatic rings. The average Bonchev–Trinajstić information content (AvgIpc) is 2.59. The molecule has 0 saturated carbocycles. The molecule has 1 N–H and O–H groups in total. The first-order valence-corrected chi connectivity index (χ1v) is 6.90. The third-order valence-electron chi connectivity index (χ3n) is 3.28. The third kappa shape index (κ3) is 3.47. The van der Waals surface area contributed by atoms with E-state index in [0.29, 0.717) is 17.1 Å². The van der Waals surface area contributed by atoms with Gasteiger partial charge < -0.3 is 14.8 Å². The topological polar surface area (TPSA) is 47.6 Å². The van der Waals surface area contributed by atoms with Gasteiger partial charge in [0.25, 0.3) is 0 Å². The van der Waals surface area contributed by atoms with Crippen LogP contribution >= 0.6 is 0 Å². The van der Waals surface area contributed by atoms with Gasteiger partial charge in [0.15, 0.2) is 17.3 Å². The zero-order chi connectivity index (χ0) is 15.9. The normalized spacial score (nSPS) is 10.5. The lowest BCUT2D eigenvalue weighted by atomic mass is 10.1. The summed E-state index contributed by atoms with van der Waals surface area (Å²) in [6.45, 7) is 0. The van der Waals surface area contributed by atoms with Gasteiger partial charge in [0.2, 0.25) is 0 Å². The van der Waals surface area contributed by atoms with Gasteiger partial charge in [-0.05, 0) is 30.4 Å². The van der Waals surface area contributed by atoms with Crippen LogP contribution in [0.5, 0.6) is 11.5 Å². The number of hydrogen-bond acceptors (Lipinski definition) is 4. The Bertz CT molecular complexity index is 692. The molecule has 0 aliphatic carbocycles. The zero-order valence-corrected chi connectivity index (χ0v) is 12.9. The number of para-hydroxylation sites is 1. The highest BCUT2D eigenvalue weighted by Gasteiger charge is 2.08. The van der Waals surface area contributed by atoms with E-state index in [9.17, 15) is 4.79 Å². The lowest BCUT2D eigenvalue weighted by Crippen LogP contribution is -1.97. The summed E-state index contributed by atoms with van der Waals surface area (Å²) in [5.41, 5.74) is 2.32. The Hall–Kier alpha value is -2.75. The molecule has 0 heterocycles. The molecule has 4 nitrogen and oxygen atoms in total. The van der Waals surface area contributed by atoms with Crippen molar-refractivity contribution in [2.75, 3.05) is 26.6 Å². The zero-order valence-electron chi connectivity index (χ0n) is 12.9. The van der Waals surface area contributed by atoms with E-state index in [1.54, 1.807) is 26.4 Å². The maximum absolute atomic E-state index is 12.3. The van der Waals surface area contributed by atoms with E-state index in [0.717, 1.165) is 11.3 Å². The summed E-state index contributed by atoms with van der Waals surface area (Å²) in [4.78, 5) is 12.3. The number of ether oxygens (including phenoxy) is 2. The summed E-state index contributed by atoms with van der Waals surface area (Å²) in [7, 11) is 4.98. The summed E-state index contributed by atoms with van der Waals surface area (Å²) < 4.78 is 10.6. The molecule has 0 radical (unpaired) electrons. The van der Waals surface area contributed by atoms with Crippen LogP contribution in [0.25, 0.3) is 6.08 Å². The minimum Gasteiger partial charge on any atom is -0.493 e. The second-order valence-electron chi connectivity index (χ2n) is 4.61. The molecule has 4 heteroatoms. The van der Waals surface area contributed by atoms with Crippen molar-refractivity contribution < 1.29 is 14.3 Å². The fraction of sp³-hybridized carbons (Fsp3) is 0.167. The van der Waals surface area contributed by atoms with Crippen LogP contribution in [0.1, 0.15) is 15.9 Å². The monoisotopic (exact) mass is 297 g/mol. The highest BCUT2D eigenvalue weighted by Crippen LogP contribution is 2.31. The summed E-state index contributed by atoms with van der Waals surface area (Å²) >= 11 is 0. The number of carbonyl (C=O) groups excluding carboxylic acids is 1. The molecular weight excluding hydrogens is 278 g/mol. The first kappa shape index (κ1) is 15.6. The van der Waals surface area contributed by atoms with Crippen molar-refractivity contribution in [1.29, 1.82) is 0 Å². The SMILES string of the molecule is CNc1cccc(C(=O)C=Cc2cccc(OC)c2OC)c1. The van der Waals surface area contributed by atoms with Crippen LogP contribution in [0.4, 0.5) is 5.69 Å². The molecule has 0 unspecified atom stereocenters. The number of rotatable bonds is 6. The number of methoxy groups -OCH3 is 2. The van der Waals surface area contributed by atoms with Crippen molar-refractivity contribution in [1.82, 2.24) is 0 Å². The Balaban J connectivity index is 2.26. The van der Waals surface area contributed by atoms with Crippen molar-refractivity contribution in [3.05, 3.63) is 59.7 Å². The molecule has 0 saturated heterocycles. The number of ketones is 1. The van der Waals surface area contributed by atoms with Crippen molar-refractivity contribution in [3.63, 3.8) is 0 Å². The average molecular weight is 297 g/mol. The van der Waals surface area contributed by atoms with E-state index < -0.39 is 0 Å². The molecular formula is C18H19NO3. The summed E-state index contributed by atoms with van der Waals surface area (Å²) in [5.74, 6) is 1.18. The van der Waals surface area contributed by atoms with Gasteiger partial charge in [0.05, 0.1) is 14.2 Å². The third-order valence-corrected chi connectivity index (χ3v) is 3.28. The minimum absolute atomic E-state index is 0.0676. The lowest BCUT2D eigenvalue weighted by Gasteiger charge is -2.09. The van der Waals surface area contributed by atoms with Crippen molar-refractivity contribution in [2.24, 2.45) is 0 Å². The molecule has 0 amide bonds. The number of carbonyl (C=O) groups is 1. The van der Waals surface area contributed by atoms with E-state index in [4.69, 9.17) is 9.47 Å². The standard InChI is InChI=1S/C18H19NO3/c1-19-15-8-4-7-14(12-15)16(20)11-10-13-6-5-9-17(21-2)18(13)22-3/h4-12,19H,1-3H3. The molecule has 0 aromatic heterocycles. The number of anilines is 1. The van der Waals surface area contributed by atoms with Gasteiger partial charge in [-0.1, -0.05) is 24.3 Å². The van der Waals surface area contributed by atoms with E-state index >= 15 is 0 Å². The van der Waals surface area contributed by atoms with Gasteiger partial charge >= 0.3 is 0 Å².